The summed E-state index contributed by atoms with van der Waals surface area (Å²) in [6.45, 7) is 4.14. The first kappa shape index (κ1) is 22.0. The van der Waals surface area contributed by atoms with E-state index in [1.165, 1.54) is 25.3 Å². The van der Waals surface area contributed by atoms with Gasteiger partial charge in [-0.05, 0) is 73.5 Å². The summed E-state index contributed by atoms with van der Waals surface area (Å²) in [7, 11) is 1.32. The van der Waals surface area contributed by atoms with Gasteiger partial charge < -0.3 is 9.30 Å². The Bertz CT molecular complexity index is 1270. The largest absolute Gasteiger partial charge is 0.489 e. The number of aromatic nitrogens is 1. The molecule has 0 saturated carbocycles. The second-order valence-corrected chi connectivity index (χ2v) is 7.75. The van der Waals surface area contributed by atoms with Crippen LogP contribution >= 0.6 is 0 Å². The molecule has 0 atom stereocenters. The summed E-state index contributed by atoms with van der Waals surface area (Å²) in [4.78, 5) is 37.0. The maximum absolute atomic E-state index is 13.0. The minimum Gasteiger partial charge on any atom is -0.489 e. The lowest BCUT2D eigenvalue weighted by atomic mass is 10.1. The summed E-state index contributed by atoms with van der Waals surface area (Å²) in [5.41, 5.74) is 4.10. The van der Waals surface area contributed by atoms with Gasteiger partial charge in [-0.1, -0.05) is 12.1 Å². The van der Waals surface area contributed by atoms with E-state index >= 15 is 0 Å². The smallest absolute Gasteiger partial charge is 0.331 e. The number of likely N-dealkylation sites (N-methyl/N-ethyl adjacent to an activating group) is 1. The van der Waals surface area contributed by atoms with Crippen molar-refractivity contribution in [3.8, 4) is 11.4 Å². The Morgan fingerprint density at radius 1 is 1.00 bits per heavy atom. The molecule has 0 aliphatic carbocycles. The standard InChI is InChI=1S/C25H22FN3O4/c1-15-12-18(13-22-23(30)27-25(32)28(3)24(22)31)16(2)29(15)20-8-10-21(11-9-20)33-14-17-4-6-19(26)7-5-17/h4-13H,14H2,1-3H3,(H,27,30,32)/b22-13-. The molecule has 0 bridgehead atoms. The van der Waals surface area contributed by atoms with E-state index in [9.17, 15) is 18.8 Å². The molecule has 7 nitrogen and oxygen atoms in total. The molecule has 0 radical (unpaired) electrons. The lowest BCUT2D eigenvalue weighted by molar-refractivity contribution is -0.129. The van der Waals surface area contributed by atoms with Crippen LogP contribution < -0.4 is 10.1 Å². The minimum atomic E-state index is -0.741. The van der Waals surface area contributed by atoms with Crippen LogP contribution in [0.3, 0.4) is 0 Å². The topological polar surface area (TPSA) is 80.6 Å². The van der Waals surface area contributed by atoms with Crippen LogP contribution in [0.2, 0.25) is 0 Å². The van der Waals surface area contributed by atoms with Gasteiger partial charge in [0.05, 0.1) is 0 Å². The highest BCUT2D eigenvalue weighted by Gasteiger charge is 2.33. The average Bonchev–Trinajstić information content (AvgIpc) is 3.08. The first-order chi connectivity index (χ1) is 15.7. The minimum absolute atomic E-state index is 0.0955. The van der Waals surface area contributed by atoms with E-state index in [0.29, 0.717) is 17.9 Å². The fourth-order valence-electron chi connectivity index (χ4n) is 3.67. The van der Waals surface area contributed by atoms with Crippen molar-refractivity contribution >= 4 is 23.9 Å². The summed E-state index contributed by atoms with van der Waals surface area (Å²) in [5.74, 6) is -0.971. The van der Waals surface area contributed by atoms with E-state index in [1.807, 2.05) is 48.7 Å². The van der Waals surface area contributed by atoms with Crippen LogP contribution in [-0.2, 0) is 16.2 Å². The van der Waals surface area contributed by atoms with Crippen molar-refractivity contribution in [2.45, 2.75) is 20.5 Å². The fourth-order valence-corrected chi connectivity index (χ4v) is 3.67. The van der Waals surface area contributed by atoms with E-state index in [4.69, 9.17) is 4.74 Å². The quantitative estimate of drug-likeness (QED) is 0.475. The van der Waals surface area contributed by atoms with Crippen LogP contribution in [0.4, 0.5) is 9.18 Å². The number of nitrogens with zero attached hydrogens (tertiary/aromatic N) is 2. The molecule has 3 aromatic rings. The fraction of sp³-hybridized carbons (Fsp3) is 0.160. The number of halogens is 1. The third-order valence-corrected chi connectivity index (χ3v) is 5.49. The van der Waals surface area contributed by atoms with Crippen molar-refractivity contribution in [3.05, 3.63) is 88.5 Å². The summed E-state index contributed by atoms with van der Waals surface area (Å²) in [6.07, 6.45) is 1.50. The number of urea groups is 1. The van der Waals surface area contributed by atoms with Crippen molar-refractivity contribution in [2.75, 3.05) is 7.05 Å². The first-order valence-corrected chi connectivity index (χ1v) is 10.3. The van der Waals surface area contributed by atoms with Crippen molar-refractivity contribution in [2.24, 2.45) is 0 Å². The number of rotatable bonds is 5. The molecule has 2 aromatic carbocycles. The molecule has 1 aliphatic rings. The zero-order valence-corrected chi connectivity index (χ0v) is 18.4. The van der Waals surface area contributed by atoms with Gasteiger partial charge in [0.1, 0.15) is 23.7 Å². The maximum atomic E-state index is 13.0. The Kier molecular flexibility index (Phi) is 5.83. The normalized spacial score (nSPS) is 15.2. The predicted molar refractivity (Wildman–Crippen MR) is 120 cm³/mol. The second-order valence-electron chi connectivity index (χ2n) is 7.75. The van der Waals surface area contributed by atoms with Crippen molar-refractivity contribution in [3.63, 3.8) is 0 Å². The molecule has 1 fully saturated rings. The van der Waals surface area contributed by atoms with E-state index in [0.717, 1.165) is 27.5 Å². The number of ether oxygens (including phenoxy) is 1. The van der Waals surface area contributed by atoms with Crippen LogP contribution in [0, 0.1) is 19.7 Å². The molecular weight excluding hydrogens is 425 g/mol. The van der Waals surface area contributed by atoms with E-state index in [2.05, 4.69) is 5.32 Å². The van der Waals surface area contributed by atoms with Gasteiger partial charge in [-0.25, -0.2) is 9.18 Å². The zero-order chi connectivity index (χ0) is 23.7. The lowest BCUT2D eigenvalue weighted by Crippen LogP contribution is -2.52. The number of amides is 4. The van der Waals surface area contributed by atoms with E-state index in [1.54, 1.807) is 12.1 Å². The third-order valence-electron chi connectivity index (χ3n) is 5.49. The van der Waals surface area contributed by atoms with Gasteiger partial charge in [-0.15, -0.1) is 0 Å². The van der Waals surface area contributed by atoms with Crippen molar-refractivity contribution in [1.82, 2.24) is 14.8 Å². The first-order valence-electron chi connectivity index (χ1n) is 10.3. The summed E-state index contributed by atoms with van der Waals surface area (Å²) in [5, 5.41) is 2.15. The highest BCUT2D eigenvalue weighted by atomic mass is 19.1. The van der Waals surface area contributed by atoms with Gasteiger partial charge in [0.2, 0.25) is 0 Å². The molecule has 4 rings (SSSR count). The Hall–Kier alpha value is -4.20. The van der Waals surface area contributed by atoms with Gasteiger partial charge in [0, 0.05) is 24.1 Å². The highest BCUT2D eigenvalue weighted by Crippen LogP contribution is 2.25. The van der Waals surface area contributed by atoms with Gasteiger partial charge in [-0.2, -0.15) is 0 Å². The summed E-state index contributed by atoms with van der Waals surface area (Å²) < 4.78 is 20.8. The molecule has 33 heavy (non-hydrogen) atoms. The van der Waals surface area contributed by atoms with Crippen molar-refractivity contribution in [1.29, 1.82) is 0 Å². The Labute approximate surface area is 190 Å². The molecule has 168 valence electrons. The van der Waals surface area contributed by atoms with Gasteiger partial charge in [-0.3, -0.25) is 19.8 Å². The number of carbonyl (C=O) groups excluding carboxylic acids is 3. The molecule has 2 heterocycles. The summed E-state index contributed by atoms with van der Waals surface area (Å²) >= 11 is 0. The van der Waals surface area contributed by atoms with Gasteiger partial charge in [0.25, 0.3) is 11.8 Å². The number of nitrogens with one attached hydrogen (secondary N) is 1. The SMILES string of the molecule is Cc1cc(/C=C2/C(=O)NC(=O)N(C)C2=O)c(C)n1-c1ccc(OCc2ccc(F)cc2)cc1. The number of hydrogen-bond donors (Lipinski definition) is 1. The Morgan fingerprint density at radius 3 is 2.33 bits per heavy atom. The van der Waals surface area contributed by atoms with Gasteiger partial charge >= 0.3 is 6.03 Å². The van der Waals surface area contributed by atoms with E-state index < -0.39 is 17.8 Å². The monoisotopic (exact) mass is 447 g/mol. The van der Waals surface area contributed by atoms with Crippen molar-refractivity contribution < 1.29 is 23.5 Å². The molecular formula is C25H22FN3O4. The molecule has 8 heteroatoms. The molecule has 0 unspecified atom stereocenters. The number of aryl methyl sites for hydroxylation is 1. The highest BCUT2D eigenvalue weighted by molar-refractivity contribution is 6.30. The predicted octanol–water partition coefficient (Wildman–Crippen LogP) is 3.90. The molecule has 1 aromatic heterocycles. The van der Waals surface area contributed by atoms with Crippen LogP contribution in [0.1, 0.15) is 22.5 Å². The van der Waals surface area contributed by atoms with Crippen LogP contribution in [0.5, 0.6) is 5.75 Å². The molecule has 1 N–H and O–H groups in total. The number of carbonyl (C=O) groups is 3. The molecule has 1 saturated heterocycles. The zero-order valence-electron chi connectivity index (χ0n) is 18.4. The third kappa shape index (κ3) is 4.41. The van der Waals surface area contributed by atoms with Crippen LogP contribution in [0.15, 0.2) is 60.2 Å². The molecule has 4 amide bonds. The average molecular weight is 447 g/mol. The van der Waals surface area contributed by atoms with Crippen LogP contribution in [-0.4, -0.2) is 34.4 Å². The molecule has 1 aliphatic heterocycles. The lowest BCUT2D eigenvalue weighted by Gasteiger charge is -2.22. The summed E-state index contributed by atoms with van der Waals surface area (Å²) in [6, 6.07) is 14.8. The number of barbiturate groups is 1. The van der Waals surface area contributed by atoms with Crippen LogP contribution in [0.25, 0.3) is 11.8 Å². The van der Waals surface area contributed by atoms with E-state index in [-0.39, 0.29) is 11.4 Å². The number of hydrogen-bond acceptors (Lipinski definition) is 4. The van der Waals surface area contributed by atoms with Gasteiger partial charge in [0.15, 0.2) is 0 Å². The Morgan fingerprint density at radius 2 is 1.67 bits per heavy atom. The Balaban J connectivity index is 1.55. The number of benzene rings is 2. The number of imide groups is 2. The second kappa shape index (κ2) is 8.74. The maximum Gasteiger partial charge on any atom is 0.331 e. The molecule has 0 spiro atoms.